The first-order valence-electron chi connectivity index (χ1n) is 6.70. The largest absolute Gasteiger partial charge is 0.508 e. The Morgan fingerprint density at radius 3 is 2.72 bits per heavy atom. The number of ether oxygens (including phenoxy) is 1. The van der Waals surface area contributed by atoms with Gasteiger partial charge in [0.05, 0.1) is 5.60 Å². The highest BCUT2D eigenvalue weighted by atomic mass is 16.5. The molecule has 1 aliphatic rings. The van der Waals surface area contributed by atoms with E-state index in [2.05, 4.69) is 19.2 Å². The second-order valence-electron chi connectivity index (χ2n) is 5.67. The first kappa shape index (κ1) is 13.4. The van der Waals surface area contributed by atoms with E-state index < -0.39 is 0 Å². The number of hydrogen-bond donors (Lipinski definition) is 2. The normalized spacial score (nSPS) is 22.9. The van der Waals surface area contributed by atoms with E-state index in [1.165, 1.54) is 5.56 Å². The molecule has 1 aliphatic heterocycles. The lowest BCUT2D eigenvalue weighted by Gasteiger charge is -2.36. The zero-order valence-corrected chi connectivity index (χ0v) is 11.3. The topological polar surface area (TPSA) is 41.5 Å². The summed E-state index contributed by atoms with van der Waals surface area (Å²) >= 11 is 0. The summed E-state index contributed by atoms with van der Waals surface area (Å²) in [6, 6.07) is 8.00. The Hall–Kier alpha value is -1.06. The number of phenolic OH excluding ortho intramolecular Hbond substituents is 1. The van der Waals surface area contributed by atoms with E-state index in [1.807, 2.05) is 12.1 Å². The third kappa shape index (κ3) is 4.00. The first-order valence-corrected chi connectivity index (χ1v) is 6.70. The maximum atomic E-state index is 9.21. The van der Waals surface area contributed by atoms with Crippen LogP contribution in [0.15, 0.2) is 24.3 Å². The van der Waals surface area contributed by atoms with Gasteiger partial charge in [0.25, 0.3) is 0 Å². The minimum Gasteiger partial charge on any atom is -0.508 e. The summed E-state index contributed by atoms with van der Waals surface area (Å²) in [7, 11) is 0. The van der Waals surface area contributed by atoms with Crippen LogP contribution in [0.25, 0.3) is 0 Å². The van der Waals surface area contributed by atoms with Gasteiger partial charge in [0.1, 0.15) is 5.75 Å². The van der Waals surface area contributed by atoms with Crippen LogP contribution in [0.3, 0.4) is 0 Å². The van der Waals surface area contributed by atoms with E-state index >= 15 is 0 Å². The molecule has 0 radical (unpaired) electrons. The zero-order valence-electron chi connectivity index (χ0n) is 11.3. The molecule has 2 rings (SSSR count). The number of phenols is 1. The Kier molecular flexibility index (Phi) is 4.25. The number of aromatic hydroxyl groups is 1. The van der Waals surface area contributed by atoms with Gasteiger partial charge in [-0.15, -0.1) is 0 Å². The summed E-state index contributed by atoms with van der Waals surface area (Å²) in [5, 5.41) is 12.8. The molecule has 0 bridgehead atoms. The molecule has 1 fully saturated rings. The molecule has 3 heteroatoms. The van der Waals surface area contributed by atoms with Crippen LogP contribution in [0.1, 0.15) is 32.3 Å². The van der Waals surface area contributed by atoms with Gasteiger partial charge in [-0.25, -0.2) is 0 Å². The Morgan fingerprint density at radius 1 is 1.33 bits per heavy atom. The van der Waals surface area contributed by atoms with Gasteiger partial charge >= 0.3 is 0 Å². The lowest BCUT2D eigenvalue weighted by atomic mass is 9.94. The van der Waals surface area contributed by atoms with Crippen LogP contribution in [0, 0.1) is 0 Å². The SMILES string of the molecule is CC1(C)CC(NCCc2ccc(O)cc2)CCO1. The third-order valence-electron chi connectivity index (χ3n) is 3.48. The fraction of sp³-hybridized carbons (Fsp3) is 0.600. The highest BCUT2D eigenvalue weighted by Gasteiger charge is 2.28. The number of hydrogen-bond acceptors (Lipinski definition) is 3. The number of nitrogens with one attached hydrogen (secondary N) is 1. The molecule has 0 spiro atoms. The van der Waals surface area contributed by atoms with Crippen molar-refractivity contribution in [2.24, 2.45) is 0 Å². The molecule has 100 valence electrons. The van der Waals surface area contributed by atoms with Crippen molar-refractivity contribution >= 4 is 0 Å². The number of benzene rings is 1. The lowest BCUT2D eigenvalue weighted by Crippen LogP contribution is -2.44. The molecule has 1 unspecified atom stereocenters. The summed E-state index contributed by atoms with van der Waals surface area (Å²) in [6.45, 7) is 6.14. The smallest absolute Gasteiger partial charge is 0.115 e. The van der Waals surface area contributed by atoms with Crippen LogP contribution in [0.5, 0.6) is 5.75 Å². The Labute approximate surface area is 109 Å². The van der Waals surface area contributed by atoms with Crippen molar-refractivity contribution in [2.75, 3.05) is 13.2 Å². The molecule has 18 heavy (non-hydrogen) atoms. The van der Waals surface area contributed by atoms with Crippen molar-refractivity contribution in [2.45, 2.75) is 44.8 Å². The summed E-state index contributed by atoms with van der Waals surface area (Å²) in [5.41, 5.74) is 1.26. The second kappa shape index (κ2) is 5.72. The highest BCUT2D eigenvalue weighted by Crippen LogP contribution is 2.23. The predicted octanol–water partition coefficient (Wildman–Crippen LogP) is 2.48. The molecular weight excluding hydrogens is 226 g/mol. The molecule has 0 saturated carbocycles. The van der Waals surface area contributed by atoms with Crippen LogP contribution < -0.4 is 5.32 Å². The molecule has 2 N–H and O–H groups in total. The van der Waals surface area contributed by atoms with Crippen molar-refractivity contribution in [3.8, 4) is 5.75 Å². The molecular formula is C15H23NO2. The molecule has 0 aliphatic carbocycles. The average Bonchev–Trinajstić information content (AvgIpc) is 2.30. The quantitative estimate of drug-likeness (QED) is 0.861. The fourth-order valence-corrected chi connectivity index (χ4v) is 2.49. The van der Waals surface area contributed by atoms with E-state index in [0.717, 1.165) is 32.4 Å². The molecule has 0 aromatic heterocycles. The van der Waals surface area contributed by atoms with Crippen molar-refractivity contribution in [3.63, 3.8) is 0 Å². The lowest BCUT2D eigenvalue weighted by molar-refractivity contribution is -0.0627. The van der Waals surface area contributed by atoms with E-state index in [4.69, 9.17) is 4.74 Å². The summed E-state index contributed by atoms with van der Waals surface area (Å²) in [6.07, 6.45) is 3.17. The third-order valence-corrected chi connectivity index (χ3v) is 3.48. The fourth-order valence-electron chi connectivity index (χ4n) is 2.49. The van der Waals surface area contributed by atoms with Crippen molar-refractivity contribution in [1.29, 1.82) is 0 Å². The van der Waals surface area contributed by atoms with Crippen LogP contribution >= 0.6 is 0 Å². The van der Waals surface area contributed by atoms with Gasteiger partial charge in [-0.1, -0.05) is 12.1 Å². The van der Waals surface area contributed by atoms with Gasteiger partial charge < -0.3 is 15.2 Å². The van der Waals surface area contributed by atoms with Gasteiger partial charge in [-0.3, -0.25) is 0 Å². The van der Waals surface area contributed by atoms with Crippen LogP contribution in [-0.4, -0.2) is 29.9 Å². The maximum absolute atomic E-state index is 9.21. The van der Waals surface area contributed by atoms with Crippen molar-refractivity contribution in [1.82, 2.24) is 5.32 Å². The van der Waals surface area contributed by atoms with Crippen molar-refractivity contribution in [3.05, 3.63) is 29.8 Å². The van der Waals surface area contributed by atoms with E-state index in [1.54, 1.807) is 12.1 Å². The summed E-state index contributed by atoms with van der Waals surface area (Å²) in [4.78, 5) is 0. The van der Waals surface area contributed by atoms with E-state index in [9.17, 15) is 5.11 Å². The minimum absolute atomic E-state index is 0.00839. The van der Waals surface area contributed by atoms with Crippen LogP contribution in [0.4, 0.5) is 0 Å². The Balaban J connectivity index is 1.73. The molecule has 1 aromatic carbocycles. The highest BCUT2D eigenvalue weighted by molar-refractivity contribution is 5.25. The van der Waals surface area contributed by atoms with Gasteiger partial charge in [-0.05, 0) is 57.4 Å². The molecule has 0 amide bonds. The minimum atomic E-state index is 0.00839. The monoisotopic (exact) mass is 249 g/mol. The molecule has 3 nitrogen and oxygen atoms in total. The molecule has 1 saturated heterocycles. The predicted molar refractivity (Wildman–Crippen MR) is 72.9 cm³/mol. The molecule has 1 aromatic rings. The molecule has 1 atom stereocenters. The van der Waals surface area contributed by atoms with Gasteiger partial charge in [0.15, 0.2) is 0 Å². The molecule has 1 heterocycles. The average molecular weight is 249 g/mol. The van der Waals surface area contributed by atoms with Gasteiger partial charge in [-0.2, -0.15) is 0 Å². The second-order valence-corrected chi connectivity index (χ2v) is 5.67. The zero-order chi connectivity index (χ0) is 13.0. The van der Waals surface area contributed by atoms with E-state index in [0.29, 0.717) is 11.8 Å². The maximum Gasteiger partial charge on any atom is 0.115 e. The Morgan fingerprint density at radius 2 is 2.06 bits per heavy atom. The van der Waals surface area contributed by atoms with Crippen molar-refractivity contribution < 1.29 is 9.84 Å². The summed E-state index contributed by atoms with van der Waals surface area (Å²) < 4.78 is 5.71. The standard InChI is InChI=1S/C15H23NO2/c1-15(2)11-13(8-10-18-15)16-9-7-12-3-5-14(17)6-4-12/h3-6,13,16-17H,7-11H2,1-2H3. The first-order chi connectivity index (χ1) is 8.55. The van der Waals surface area contributed by atoms with Crippen LogP contribution in [-0.2, 0) is 11.2 Å². The van der Waals surface area contributed by atoms with Gasteiger partial charge in [0, 0.05) is 12.6 Å². The number of rotatable bonds is 4. The Bertz CT molecular complexity index is 373. The summed E-state index contributed by atoms with van der Waals surface area (Å²) in [5.74, 6) is 0.331. The van der Waals surface area contributed by atoms with E-state index in [-0.39, 0.29) is 5.60 Å². The van der Waals surface area contributed by atoms with Crippen LogP contribution in [0.2, 0.25) is 0 Å². The van der Waals surface area contributed by atoms with Gasteiger partial charge in [0.2, 0.25) is 0 Å².